The van der Waals surface area contributed by atoms with Gasteiger partial charge in [0.25, 0.3) is 5.91 Å². The van der Waals surface area contributed by atoms with E-state index in [4.69, 9.17) is 11.6 Å². The van der Waals surface area contributed by atoms with Crippen LogP contribution in [0.5, 0.6) is 0 Å². The van der Waals surface area contributed by atoms with Gasteiger partial charge in [-0.3, -0.25) is 4.79 Å². The molecule has 88 valence electrons. The van der Waals surface area contributed by atoms with Gasteiger partial charge in [-0.1, -0.05) is 29.8 Å². The van der Waals surface area contributed by atoms with Gasteiger partial charge < -0.3 is 5.32 Å². The highest BCUT2D eigenvalue weighted by Gasteiger charge is 2.25. The number of hydrogen-bond acceptors (Lipinski definition) is 3. The second-order valence-electron chi connectivity index (χ2n) is 3.79. The number of carbonyl (C=O) groups is 1. The summed E-state index contributed by atoms with van der Waals surface area (Å²) >= 11 is 5.75. The second-order valence-corrected chi connectivity index (χ2v) is 4.23. The molecule has 2 aromatic rings. The van der Waals surface area contributed by atoms with Crippen LogP contribution in [0.3, 0.4) is 0 Å². The van der Waals surface area contributed by atoms with Crippen LogP contribution in [-0.4, -0.2) is 16.6 Å². The first-order valence-corrected chi connectivity index (χ1v) is 5.73. The van der Waals surface area contributed by atoms with E-state index in [9.17, 15) is 4.79 Å². The molecule has 1 aliphatic heterocycles. The van der Waals surface area contributed by atoms with Gasteiger partial charge in [0.15, 0.2) is 5.82 Å². The van der Waals surface area contributed by atoms with Crippen molar-refractivity contribution in [2.45, 2.75) is 0 Å². The number of para-hydroxylation sites is 1. The van der Waals surface area contributed by atoms with E-state index in [1.54, 1.807) is 12.1 Å². The van der Waals surface area contributed by atoms with Crippen molar-refractivity contribution in [1.82, 2.24) is 4.98 Å². The molecule has 0 spiro atoms. The first kappa shape index (κ1) is 10.9. The highest BCUT2D eigenvalue weighted by atomic mass is 35.5. The lowest BCUT2D eigenvalue weighted by molar-refractivity contribution is -0.110. The molecule has 1 N–H and O–H groups in total. The van der Waals surface area contributed by atoms with Crippen LogP contribution in [0.1, 0.15) is 5.56 Å². The van der Waals surface area contributed by atoms with Crippen LogP contribution in [0.15, 0.2) is 47.6 Å². The summed E-state index contributed by atoms with van der Waals surface area (Å²) in [5.74, 6) is 0.245. The summed E-state index contributed by atoms with van der Waals surface area (Å²) in [6, 6.07) is 10.8. The number of aliphatic imine (C=N–C) groups is 1. The largest absolute Gasteiger partial charge is 0.320 e. The fourth-order valence-corrected chi connectivity index (χ4v) is 1.87. The van der Waals surface area contributed by atoms with Crippen LogP contribution in [0, 0.1) is 0 Å². The number of pyridine rings is 1. The SMILES string of the molecule is O=C1Nc2ccccc2C1=Nc1ccc(Cl)cn1. The Morgan fingerprint density at radius 1 is 1.17 bits per heavy atom. The molecule has 0 fully saturated rings. The van der Waals surface area contributed by atoms with Crippen molar-refractivity contribution in [2.24, 2.45) is 4.99 Å². The quantitative estimate of drug-likeness (QED) is 0.854. The van der Waals surface area contributed by atoms with E-state index in [2.05, 4.69) is 15.3 Å². The van der Waals surface area contributed by atoms with E-state index in [0.717, 1.165) is 11.3 Å². The topological polar surface area (TPSA) is 54.4 Å². The molecule has 2 heterocycles. The van der Waals surface area contributed by atoms with E-state index >= 15 is 0 Å². The van der Waals surface area contributed by atoms with Gasteiger partial charge in [-0.05, 0) is 18.2 Å². The van der Waals surface area contributed by atoms with E-state index in [1.165, 1.54) is 6.20 Å². The normalized spacial score (nSPS) is 15.6. The predicted molar refractivity (Wildman–Crippen MR) is 70.5 cm³/mol. The molecular weight excluding hydrogens is 250 g/mol. The molecule has 18 heavy (non-hydrogen) atoms. The lowest BCUT2D eigenvalue weighted by Gasteiger charge is -1.97. The maximum absolute atomic E-state index is 11.8. The molecular formula is C13H8ClN3O. The minimum absolute atomic E-state index is 0.215. The van der Waals surface area contributed by atoms with Gasteiger partial charge in [0.05, 0.1) is 10.7 Å². The molecule has 0 saturated heterocycles. The van der Waals surface area contributed by atoms with Crippen molar-refractivity contribution in [3.05, 3.63) is 53.2 Å². The first-order chi connectivity index (χ1) is 8.74. The van der Waals surface area contributed by atoms with E-state index in [0.29, 0.717) is 16.6 Å². The Balaban J connectivity index is 2.07. The molecule has 1 aromatic heterocycles. The Morgan fingerprint density at radius 3 is 2.78 bits per heavy atom. The lowest BCUT2D eigenvalue weighted by Crippen LogP contribution is -2.13. The smallest absolute Gasteiger partial charge is 0.275 e. The zero-order chi connectivity index (χ0) is 12.5. The number of nitrogens with zero attached hydrogens (tertiary/aromatic N) is 2. The van der Waals surface area contributed by atoms with E-state index in [1.807, 2.05) is 24.3 Å². The number of carbonyl (C=O) groups excluding carboxylic acids is 1. The Bertz CT molecular complexity index is 650. The number of fused-ring (bicyclic) bond motifs is 1. The molecule has 0 atom stereocenters. The number of rotatable bonds is 1. The van der Waals surface area contributed by atoms with Gasteiger partial charge in [-0.25, -0.2) is 9.98 Å². The van der Waals surface area contributed by atoms with Gasteiger partial charge in [-0.2, -0.15) is 0 Å². The molecule has 3 rings (SSSR count). The number of halogens is 1. The zero-order valence-electron chi connectivity index (χ0n) is 9.22. The van der Waals surface area contributed by atoms with Crippen LogP contribution < -0.4 is 5.32 Å². The first-order valence-electron chi connectivity index (χ1n) is 5.35. The fraction of sp³-hybridized carbons (Fsp3) is 0. The van der Waals surface area contributed by atoms with Crippen molar-refractivity contribution in [1.29, 1.82) is 0 Å². The molecule has 0 unspecified atom stereocenters. The minimum Gasteiger partial charge on any atom is -0.320 e. The summed E-state index contributed by atoms with van der Waals surface area (Å²) in [4.78, 5) is 20.1. The van der Waals surface area contributed by atoms with Crippen LogP contribution in [0.4, 0.5) is 11.5 Å². The summed E-state index contributed by atoms with van der Waals surface area (Å²) in [5, 5.41) is 3.29. The van der Waals surface area contributed by atoms with Crippen molar-refractivity contribution in [3.63, 3.8) is 0 Å². The molecule has 0 aliphatic carbocycles. The van der Waals surface area contributed by atoms with E-state index in [-0.39, 0.29) is 5.91 Å². The van der Waals surface area contributed by atoms with Crippen molar-refractivity contribution < 1.29 is 4.79 Å². The van der Waals surface area contributed by atoms with E-state index < -0.39 is 0 Å². The van der Waals surface area contributed by atoms with Gasteiger partial charge in [0, 0.05) is 11.8 Å². The Morgan fingerprint density at radius 2 is 2.00 bits per heavy atom. The number of nitrogens with one attached hydrogen (secondary N) is 1. The third-order valence-electron chi connectivity index (χ3n) is 2.58. The van der Waals surface area contributed by atoms with Crippen LogP contribution in [0.25, 0.3) is 0 Å². The summed E-state index contributed by atoms with van der Waals surface area (Å²) < 4.78 is 0. The Labute approximate surface area is 108 Å². The number of aromatic nitrogens is 1. The average molecular weight is 258 g/mol. The van der Waals surface area contributed by atoms with Crippen LogP contribution in [0.2, 0.25) is 5.02 Å². The third-order valence-corrected chi connectivity index (χ3v) is 2.81. The summed E-state index contributed by atoms with van der Waals surface area (Å²) in [7, 11) is 0. The standard InChI is InChI=1S/C13H8ClN3O/c14-8-5-6-11(15-7-8)17-12-9-3-1-2-4-10(9)16-13(12)18/h1-7H,(H,15,16,17,18). The van der Waals surface area contributed by atoms with Crippen LogP contribution >= 0.6 is 11.6 Å². The Kier molecular flexibility index (Phi) is 2.57. The summed E-state index contributed by atoms with van der Waals surface area (Å²) in [6.07, 6.45) is 1.50. The maximum Gasteiger partial charge on any atom is 0.275 e. The van der Waals surface area contributed by atoms with Gasteiger partial charge in [0.1, 0.15) is 5.71 Å². The zero-order valence-corrected chi connectivity index (χ0v) is 9.98. The Hall–Kier alpha value is -2.20. The molecule has 1 amide bonds. The van der Waals surface area contributed by atoms with Crippen molar-refractivity contribution >= 4 is 34.7 Å². The number of amides is 1. The molecule has 1 aliphatic rings. The monoisotopic (exact) mass is 257 g/mol. The van der Waals surface area contributed by atoms with Gasteiger partial charge in [-0.15, -0.1) is 0 Å². The number of anilines is 1. The summed E-state index contributed by atoms with van der Waals surface area (Å²) in [5.41, 5.74) is 1.94. The molecule has 0 bridgehead atoms. The highest BCUT2D eigenvalue weighted by Crippen LogP contribution is 2.24. The molecule has 4 nitrogen and oxygen atoms in total. The molecule has 0 radical (unpaired) electrons. The predicted octanol–water partition coefficient (Wildman–Crippen LogP) is 2.81. The van der Waals surface area contributed by atoms with Crippen LogP contribution in [-0.2, 0) is 4.79 Å². The maximum atomic E-state index is 11.8. The molecule has 1 aromatic carbocycles. The second kappa shape index (κ2) is 4.23. The molecule has 0 saturated carbocycles. The van der Waals surface area contributed by atoms with Crippen molar-refractivity contribution in [2.75, 3.05) is 5.32 Å². The van der Waals surface area contributed by atoms with Gasteiger partial charge >= 0.3 is 0 Å². The van der Waals surface area contributed by atoms with Gasteiger partial charge in [0.2, 0.25) is 0 Å². The third kappa shape index (κ3) is 1.87. The number of benzene rings is 1. The molecule has 5 heteroatoms. The van der Waals surface area contributed by atoms with Crippen molar-refractivity contribution in [3.8, 4) is 0 Å². The average Bonchev–Trinajstić information content (AvgIpc) is 2.69. The summed E-state index contributed by atoms with van der Waals surface area (Å²) in [6.45, 7) is 0. The fourth-order valence-electron chi connectivity index (χ4n) is 1.76. The highest BCUT2D eigenvalue weighted by molar-refractivity contribution is 6.54. The number of hydrogen-bond donors (Lipinski definition) is 1. The minimum atomic E-state index is -0.215. The lowest BCUT2D eigenvalue weighted by atomic mass is 10.1.